The summed E-state index contributed by atoms with van der Waals surface area (Å²) in [6.07, 6.45) is 5.53. The topological polar surface area (TPSA) is 193 Å². The lowest BCUT2D eigenvalue weighted by Gasteiger charge is -2.33. The van der Waals surface area contributed by atoms with E-state index in [0.717, 1.165) is 69.9 Å². The van der Waals surface area contributed by atoms with E-state index in [-0.39, 0.29) is 47.7 Å². The summed E-state index contributed by atoms with van der Waals surface area (Å²) in [4.78, 5) is 72.8. The predicted octanol–water partition coefficient (Wildman–Crippen LogP) is 7.21. The van der Waals surface area contributed by atoms with E-state index in [1.54, 1.807) is 12.0 Å². The molecule has 4 N–H and O–H groups in total. The van der Waals surface area contributed by atoms with Crippen molar-refractivity contribution in [3.63, 3.8) is 0 Å². The van der Waals surface area contributed by atoms with E-state index in [1.807, 2.05) is 65.6 Å². The van der Waals surface area contributed by atoms with Gasteiger partial charge in [0, 0.05) is 25.6 Å². The van der Waals surface area contributed by atoms with Gasteiger partial charge in [-0.2, -0.15) is 0 Å². The third kappa shape index (κ3) is 9.54. The van der Waals surface area contributed by atoms with Crippen molar-refractivity contribution in [2.24, 2.45) is 17.8 Å². The second kappa shape index (κ2) is 19.6. The summed E-state index contributed by atoms with van der Waals surface area (Å²) >= 11 is 0. The van der Waals surface area contributed by atoms with Crippen LogP contribution in [0.15, 0.2) is 36.2 Å². The number of ether oxygens (including phenoxy) is 4. The van der Waals surface area contributed by atoms with E-state index in [2.05, 4.69) is 45.7 Å². The van der Waals surface area contributed by atoms with Crippen molar-refractivity contribution in [1.82, 2.24) is 40.4 Å². The summed E-state index contributed by atoms with van der Waals surface area (Å²) in [6.45, 7) is 17.1. The lowest BCUT2D eigenvalue weighted by atomic mass is 9.94. The number of imidazole rings is 2. The molecule has 2 saturated heterocycles. The van der Waals surface area contributed by atoms with Crippen molar-refractivity contribution in [2.75, 3.05) is 34.5 Å². The molecule has 1 aromatic carbocycles. The van der Waals surface area contributed by atoms with Gasteiger partial charge in [0.1, 0.15) is 36.1 Å². The summed E-state index contributed by atoms with van der Waals surface area (Å²) in [5, 5.41) is 5.50. The molecule has 2 fully saturated rings. The second-order valence-electron chi connectivity index (χ2n) is 17.3. The molecule has 0 aliphatic carbocycles. The number of carbonyl (C=O) groups excluding carboxylic acids is 4. The molecule has 16 nitrogen and oxygen atoms in total. The van der Waals surface area contributed by atoms with E-state index in [1.165, 1.54) is 14.2 Å². The summed E-state index contributed by atoms with van der Waals surface area (Å²) in [5.41, 5.74) is 7.50. The van der Waals surface area contributed by atoms with Crippen LogP contribution in [0, 0.1) is 24.7 Å². The Bertz CT molecular complexity index is 2190. The number of hydrogen-bond acceptors (Lipinski definition) is 10. The molecule has 2 aromatic heterocycles. The highest BCUT2D eigenvalue weighted by Crippen LogP contribution is 2.40. The monoisotopic (exact) mass is 856 g/mol. The van der Waals surface area contributed by atoms with Gasteiger partial charge in [0.15, 0.2) is 0 Å². The molecule has 4 amide bonds. The Morgan fingerprint density at radius 2 is 1.68 bits per heavy atom. The molecule has 0 spiro atoms. The minimum Gasteiger partial charge on any atom is -0.489 e. The molecule has 3 aliphatic rings. The summed E-state index contributed by atoms with van der Waals surface area (Å²) < 4.78 is 21.6. The number of alkyl carbamates (subject to hydrolysis) is 2. The van der Waals surface area contributed by atoms with Crippen LogP contribution in [-0.2, 0) is 35.1 Å². The highest BCUT2D eigenvalue weighted by molar-refractivity contribution is 5.87. The quantitative estimate of drug-likeness (QED) is 0.129. The first kappa shape index (κ1) is 45.9. The number of H-pyrrole nitrogens is 2. The van der Waals surface area contributed by atoms with Crippen LogP contribution in [0.3, 0.4) is 0 Å². The number of hydrogen-bond donors (Lipinski definition) is 4. The number of aromatic amines is 2. The number of rotatable bonds is 14. The number of benzene rings is 1. The van der Waals surface area contributed by atoms with Gasteiger partial charge in [-0.25, -0.2) is 19.6 Å². The van der Waals surface area contributed by atoms with Gasteiger partial charge in [-0.3, -0.25) is 9.59 Å². The van der Waals surface area contributed by atoms with Crippen LogP contribution in [0.25, 0.3) is 22.4 Å². The van der Waals surface area contributed by atoms with E-state index in [4.69, 9.17) is 28.9 Å². The Balaban J connectivity index is 1.20. The highest BCUT2D eigenvalue weighted by Gasteiger charge is 2.43. The number of aryl methyl sites for hydroxylation is 1. The molecule has 0 radical (unpaired) electrons. The first-order valence-corrected chi connectivity index (χ1v) is 21.7. The largest absolute Gasteiger partial charge is 0.489 e. The summed E-state index contributed by atoms with van der Waals surface area (Å²) in [5.74, 6) is 1.69. The number of carbonyl (C=O) groups is 4. The van der Waals surface area contributed by atoms with Crippen LogP contribution in [0.2, 0.25) is 0 Å². The number of aromatic nitrogens is 4. The van der Waals surface area contributed by atoms with Crippen molar-refractivity contribution < 1.29 is 38.1 Å². The maximum absolute atomic E-state index is 14.0. The van der Waals surface area contributed by atoms with Crippen LogP contribution >= 0.6 is 0 Å². The number of nitrogens with one attached hydrogen (secondary N) is 4. The van der Waals surface area contributed by atoms with Crippen molar-refractivity contribution in [1.29, 1.82) is 0 Å². The Morgan fingerprint density at radius 3 is 2.34 bits per heavy atom. The fraction of sp³-hybridized carbons (Fsp3) is 0.565. The van der Waals surface area contributed by atoms with Gasteiger partial charge in [0.25, 0.3) is 0 Å². The van der Waals surface area contributed by atoms with Gasteiger partial charge in [0.2, 0.25) is 11.8 Å². The molecule has 62 heavy (non-hydrogen) atoms. The van der Waals surface area contributed by atoms with Crippen LogP contribution < -0.4 is 10.6 Å². The Kier molecular flexibility index (Phi) is 14.5. The molecule has 0 bridgehead atoms. The summed E-state index contributed by atoms with van der Waals surface area (Å²) in [7, 11) is 4.24. The van der Waals surface area contributed by atoms with Crippen LogP contribution in [0.5, 0.6) is 0 Å². The predicted molar refractivity (Wildman–Crippen MR) is 234 cm³/mol. The first-order chi connectivity index (χ1) is 29.6. The molecule has 3 aliphatic heterocycles. The second-order valence-corrected chi connectivity index (χ2v) is 17.3. The lowest BCUT2D eigenvalue weighted by Crippen LogP contribution is -2.53. The van der Waals surface area contributed by atoms with Crippen LogP contribution in [0.4, 0.5) is 9.59 Å². The first-order valence-electron chi connectivity index (χ1n) is 21.7. The Morgan fingerprint density at radius 1 is 0.968 bits per heavy atom. The number of fused-ring (bicyclic) bond motifs is 1. The SMILES string of the molecule is CC[C@H](C)[C@H](NC(=O)OC)C(=O)N1[C@@H](C)CC[C@H]1c1ncc(-c2ccc3c(c2)COC(/C=C(\C)c2[nH]c([C@@H]4C[C@H](COC)CN4C(=O)[C@@H](NC(=O)OC)C(C)C)nc2C)=C3C)[nH]1. The maximum atomic E-state index is 14.0. The zero-order valence-electron chi connectivity index (χ0n) is 38.0. The number of allylic oxidation sites excluding steroid dienone is 3. The molecular formula is C46H64N8O8. The van der Waals surface area contributed by atoms with Crippen molar-refractivity contribution in [2.45, 2.75) is 118 Å². The van der Waals surface area contributed by atoms with Gasteiger partial charge in [-0.05, 0) is 98.8 Å². The van der Waals surface area contributed by atoms with Gasteiger partial charge in [-0.1, -0.05) is 46.2 Å². The number of methoxy groups -OCH3 is 3. The van der Waals surface area contributed by atoms with Gasteiger partial charge in [0.05, 0.1) is 56.2 Å². The van der Waals surface area contributed by atoms with Crippen molar-refractivity contribution in [3.8, 4) is 11.3 Å². The zero-order valence-corrected chi connectivity index (χ0v) is 38.0. The molecule has 3 aromatic rings. The van der Waals surface area contributed by atoms with Gasteiger partial charge < -0.3 is 49.3 Å². The Hall–Kier alpha value is -5.64. The number of nitrogens with zero attached hydrogens (tertiary/aromatic N) is 4. The van der Waals surface area contributed by atoms with E-state index in [0.29, 0.717) is 37.8 Å². The normalized spacial score (nSPS) is 21.6. The molecule has 7 atom stereocenters. The third-order valence-electron chi connectivity index (χ3n) is 12.8. The molecule has 5 heterocycles. The fourth-order valence-corrected chi connectivity index (χ4v) is 9.05. The molecule has 0 saturated carbocycles. The van der Waals surface area contributed by atoms with Crippen molar-refractivity contribution >= 4 is 35.1 Å². The molecule has 6 rings (SSSR count). The zero-order chi connectivity index (χ0) is 45.0. The van der Waals surface area contributed by atoms with E-state index < -0.39 is 24.3 Å². The Labute approximate surface area is 364 Å². The lowest BCUT2D eigenvalue weighted by molar-refractivity contribution is -0.137. The van der Waals surface area contributed by atoms with Crippen LogP contribution in [-0.4, -0.2) is 106 Å². The van der Waals surface area contributed by atoms with Crippen molar-refractivity contribution in [3.05, 3.63) is 70.4 Å². The minimum absolute atomic E-state index is 0.0168. The van der Waals surface area contributed by atoms with Gasteiger partial charge >= 0.3 is 12.2 Å². The van der Waals surface area contributed by atoms with Crippen LogP contribution in [0.1, 0.15) is 120 Å². The average Bonchev–Trinajstić information content (AvgIpc) is 4.08. The maximum Gasteiger partial charge on any atom is 0.407 e. The molecule has 336 valence electrons. The fourth-order valence-electron chi connectivity index (χ4n) is 9.05. The number of amides is 4. The van der Waals surface area contributed by atoms with E-state index in [9.17, 15) is 19.2 Å². The summed E-state index contributed by atoms with van der Waals surface area (Å²) in [6, 6.07) is 4.23. The number of likely N-dealkylation sites (tertiary alicyclic amines) is 2. The highest BCUT2D eigenvalue weighted by atomic mass is 16.5. The molecule has 16 heteroatoms. The minimum atomic E-state index is -0.756. The smallest absolute Gasteiger partial charge is 0.407 e. The van der Waals surface area contributed by atoms with E-state index >= 15 is 0 Å². The third-order valence-corrected chi connectivity index (χ3v) is 12.8. The standard InChI is InChI=1S/C46H64N8O8/c1-12-25(4)40(52-46(58)61-11)44(56)54-27(6)13-16-35(54)41-47-20-34(49-41)31-14-15-33-28(7)37(62-23-32(33)19-31)17-26(5)39-29(8)48-42(50-39)36-18-30(22-59-9)21-53(36)43(55)38(24(2)3)51-45(57)60-10/h14-15,17,19-20,24-25,27,30,35-36,38,40H,12-13,16,18,21-23H2,1-11H3,(H,47,49)(H,48,50)(H,51,57)(H,52,58)/b26-17+/t25-,27-,30-,35-,36-,38-,40-/m0/s1. The molecule has 0 unspecified atom stereocenters. The molecular weight excluding hydrogens is 793 g/mol. The average molecular weight is 857 g/mol. The van der Waals surface area contributed by atoms with Gasteiger partial charge in [-0.15, -0.1) is 0 Å².